The predicted octanol–water partition coefficient (Wildman–Crippen LogP) is 4.43. The second-order valence-corrected chi connectivity index (χ2v) is 5.48. The van der Waals surface area contributed by atoms with Crippen LogP contribution in [0, 0.1) is 11.6 Å². The lowest BCUT2D eigenvalue weighted by Crippen LogP contribution is -2.22. The Kier molecular flexibility index (Phi) is 5.14. The van der Waals surface area contributed by atoms with Crippen molar-refractivity contribution in [1.29, 1.82) is 0 Å². The molecule has 0 unspecified atom stereocenters. The minimum atomic E-state index is -0.851. The van der Waals surface area contributed by atoms with Gasteiger partial charge in [-0.15, -0.1) is 0 Å². The molecule has 0 bridgehead atoms. The first-order valence-electron chi connectivity index (χ1n) is 5.89. The molecule has 0 aromatic heterocycles. The maximum atomic E-state index is 13.5. The molecule has 0 aliphatic rings. The fourth-order valence-electron chi connectivity index (χ4n) is 1.62. The normalized spacial score (nSPS) is 10.3. The van der Waals surface area contributed by atoms with Gasteiger partial charge in [0.05, 0.1) is 17.3 Å². The first-order valence-corrected chi connectivity index (χ1v) is 7.06. The van der Waals surface area contributed by atoms with Gasteiger partial charge in [-0.3, -0.25) is 4.79 Å². The van der Waals surface area contributed by atoms with Crippen LogP contribution in [0.5, 0.6) is 0 Å². The number of carbonyl (C=O) groups is 1. The minimum Gasteiger partial charge on any atom is -0.373 e. The zero-order valence-electron chi connectivity index (χ0n) is 10.6. The van der Waals surface area contributed by atoms with Gasteiger partial charge in [0.25, 0.3) is 0 Å². The Bertz CT molecular complexity index is 642. The van der Waals surface area contributed by atoms with Crippen LogP contribution in [0.25, 0.3) is 0 Å². The van der Waals surface area contributed by atoms with Gasteiger partial charge in [-0.2, -0.15) is 0 Å². The van der Waals surface area contributed by atoms with Crippen molar-refractivity contribution in [3.05, 3.63) is 57.5 Å². The molecule has 0 aliphatic carbocycles. The number of carbonyl (C=O) groups excluding carboxylic acids is 1. The number of halogens is 4. The SMILES string of the molecule is O=C(CNc1c(F)cc(F)cc1Cl)Nc1ccc(Br)cc1. The molecular formula is C14H10BrClF2N2O. The van der Waals surface area contributed by atoms with Crippen LogP contribution in [-0.2, 0) is 4.79 Å². The third kappa shape index (κ3) is 4.41. The monoisotopic (exact) mass is 374 g/mol. The second kappa shape index (κ2) is 6.87. The molecular weight excluding hydrogens is 366 g/mol. The van der Waals surface area contributed by atoms with Crippen LogP contribution in [0.4, 0.5) is 20.2 Å². The summed E-state index contributed by atoms with van der Waals surface area (Å²) in [7, 11) is 0. The molecule has 7 heteroatoms. The Balaban J connectivity index is 1.97. The van der Waals surface area contributed by atoms with E-state index in [1.807, 2.05) is 0 Å². The molecule has 21 heavy (non-hydrogen) atoms. The van der Waals surface area contributed by atoms with Crippen LogP contribution < -0.4 is 10.6 Å². The smallest absolute Gasteiger partial charge is 0.243 e. The fourth-order valence-corrected chi connectivity index (χ4v) is 2.14. The number of hydrogen-bond donors (Lipinski definition) is 2. The van der Waals surface area contributed by atoms with Crippen LogP contribution in [0.15, 0.2) is 40.9 Å². The van der Waals surface area contributed by atoms with Crippen LogP contribution in [0.1, 0.15) is 0 Å². The van der Waals surface area contributed by atoms with E-state index in [4.69, 9.17) is 11.6 Å². The van der Waals surface area contributed by atoms with Gasteiger partial charge in [0.15, 0.2) is 5.82 Å². The topological polar surface area (TPSA) is 41.1 Å². The molecule has 2 N–H and O–H groups in total. The fraction of sp³-hybridized carbons (Fsp3) is 0.0714. The largest absolute Gasteiger partial charge is 0.373 e. The summed E-state index contributed by atoms with van der Waals surface area (Å²) >= 11 is 9.00. The maximum absolute atomic E-state index is 13.5. The van der Waals surface area contributed by atoms with E-state index in [0.717, 1.165) is 10.5 Å². The van der Waals surface area contributed by atoms with Crippen molar-refractivity contribution in [2.24, 2.45) is 0 Å². The van der Waals surface area contributed by atoms with E-state index in [0.29, 0.717) is 11.8 Å². The highest BCUT2D eigenvalue weighted by atomic mass is 79.9. The number of benzene rings is 2. The van der Waals surface area contributed by atoms with E-state index in [1.165, 1.54) is 0 Å². The van der Waals surface area contributed by atoms with E-state index in [-0.39, 0.29) is 23.2 Å². The molecule has 0 heterocycles. The summed E-state index contributed by atoms with van der Waals surface area (Å²) in [5, 5.41) is 5.05. The Labute approximate surface area is 133 Å². The lowest BCUT2D eigenvalue weighted by molar-refractivity contribution is -0.114. The van der Waals surface area contributed by atoms with Crippen molar-refractivity contribution < 1.29 is 13.6 Å². The molecule has 0 radical (unpaired) electrons. The molecule has 2 aromatic carbocycles. The highest BCUT2D eigenvalue weighted by Gasteiger charge is 2.11. The van der Waals surface area contributed by atoms with Crippen LogP contribution in [0.2, 0.25) is 5.02 Å². The second-order valence-electron chi connectivity index (χ2n) is 4.15. The van der Waals surface area contributed by atoms with E-state index < -0.39 is 11.6 Å². The Hall–Kier alpha value is -1.66. The predicted molar refractivity (Wildman–Crippen MR) is 82.6 cm³/mol. The summed E-state index contributed by atoms with van der Waals surface area (Å²) in [6.07, 6.45) is 0. The third-order valence-corrected chi connectivity index (χ3v) is 3.39. The molecule has 0 spiro atoms. The van der Waals surface area contributed by atoms with Gasteiger partial charge in [-0.25, -0.2) is 8.78 Å². The minimum absolute atomic E-state index is 0.107. The molecule has 0 saturated carbocycles. The lowest BCUT2D eigenvalue weighted by atomic mass is 10.3. The van der Waals surface area contributed by atoms with E-state index in [1.54, 1.807) is 24.3 Å². The molecule has 0 atom stereocenters. The van der Waals surface area contributed by atoms with Crippen molar-refractivity contribution in [3.8, 4) is 0 Å². The Morgan fingerprint density at radius 1 is 1.19 bits per heavy atom. The number of anilines is 2. The summed E-state index contributed by atoms with van der Waals surface area (Å²) in [5.41, 5.74) is 0.500. The number of hydrogen-bond acceptors (Lipinski definition) is 2. The molecule has 2 aromatic rings. The first-order chi connectivity index (χ1) is 9.95. The van der Waals surface area contributed by atoms with E-state index in [9.17, 15) is 13.6 Å². The summed E-state index contributed by atoms with van der Waals surface area (Å²) in [4.78, 5) is 11.7. The lowest BCUT2D eigenvalue weighted by Gasteiger charge is -2.10. The quantitative estimate of drug-likeness (QED) is 0.830. The zero-order chi connectivity index (χ0) is 15.4. The zero-order valence-corrected chi connectivity index (χ0v) is 12.9. The number of amides is 1. The molecule has 110 valence electrons. The summed E-state index contributed by atoms with van der Waals surface area (Å²) in [5.74, 6) is -2.00. The van der Waals surface area contributed by atoms with Gasteiger partial charge >= 0.3 is 0 Å². The van der Waals surface area contributed by atoms with Gasteiger partial charge < -0.3 is 10.6 Å². The van der Waals surface area contributed by atoms with Crippen LogP contribution in [-0.4, -0.2) is 12.5 Å². The van der Waals surface area contributed by atoms with Crippen molar-refractivity contribution in [2.45, 2.75) is 0 Å². The van der Waals surface area contributed by atoms with Crippen LogP contribution in [0.3, 0.4) is 0 Å². The molecule has 1 amide bonds. The van der Waals surface area contributed by atoms with Crippen molar-refractivity contribution in [1.82, 2.24) is 0 Å². The average Bonchev–Trinajstić information content (AvgIpc) is 2.40. The summed E-state index contributed by atoms with van der Waals surface area (Å²) < 4.78 is 27.3. The van der Waals surface area contributed by atoms with Crippen molar-refractivity contribution in [2.75, 3.05) is 17.2 Å². The van der Waals surface area contributed by atoms with E-state index >= 15 is 0 Å². The van der Waals surface area contributed by atoms with Gasteiger partial charge in [-0.05, 0) is 30.3 Å². The van der Waals surface area contributed by atoms with Gasteiger partial charge in [0.1, 0.15) is 5.82 Å². The highest BCUT2D eigenvalue weighted by Crippen LogP contribution is 2.26. The van der Waals surface area contributed by atoms with Gasteiger partial charge in [-0.1, -0.05) is 27.5 Å². The Morgan fingerprint density at radius 3 is 2.48 bits per heavy atom. The molecule has 2 rings (SSSR count). The Morgan fingerprint density at radius 2 is 1.86 bits per heavy atom. The van der Waals surface area contributed by atoms with Crippen LogP contribution >= 0.6 is 27.5 Å². The van der Waals surface area contributed by atoms with Crippen molar-refractivity contribution >= 4 is 44.8 Å². The third-order valence-electron chi connectivity index (χ3n) is 2.56. The maximum Gasteiger partial charge on any atom is 0.243 e. The summed E-state index contributed by atoms with van der Waals surface area (Å²) in [6, 6.07) is 8.65. The highest BCUT2D eigenvalue weighted by molar-refractivity contribution is 9.10. The molecule has 0 fully saturated rings. The molecule has 0 saturated heterocycles. The number of rotatable bonds is 4. The standard InChI is InChI=1S/C14H10BrClF2N2O/c15-8-1-3-10(4-2-8)20-13(21)7-19-14-11(16)5-9(17)6-12(14)18/h1-6,19H,7H2,(H,20,21). The summed E-state index contributed by atoms with van der Waals surface area (Å²) in [6.45, 7) is -0.196. The van der Waals surface area contributed by atoms with E-state index in [2.05, 4.69) is 26.6 Å². The molecule has 3 nitrogen and oxygen atoms in total. The average molecular weight is 376 g/mol. The van der Waals surface area contributed by atoms with Gasteiger partial charge in [0, 0.05) is 16.2 Å². The molecule has 0 aliphatic heterocycles. The number of nitrogens with one attached hydrogen (secondary N) is 2. The van der Waals surface area contributed by atoms with Gasteiger partial charge in [0.2, 0.25) is 5.91 Å². The van der Waals surface area contributed by atoms with Crippen molar-refractivity contribution in [3.63, 3.8) is 0 Å². The first kappa shape index (κ1) is 15.7.